The zero-order valence-corrected chi connectivity index (χ0v) is 10.9. The monoisotopic (exact) mass is 274 g/mol. The van der Waals surface area contributed by atoms with Gasteiger partial charge in [0.15, 0.2) is 5.76 Å². The van der Waals surface area contributed by atoms with Gasteiger partial charge < -0.3 is 9.15 Å². The number of rotatable bonds is 4. The molecule has 2 aromatic rings. The van der Waals surface area contributed by atoms with Crippen LogP contribution < -0.4 is 10.9 Å². The van der Waals surface area contributed by atoms with Gasteiger partial charge in [0.1, 0.15) is 0 Å². The number of benzene rings is 1. The first-order valence-electron chi connectivity index (χ1n) is 5.93. The van der Waals surface area contributed by atoms with E-state index in [4.69, 9.17) is 9.15 Å². The van der Waals surface area contributed by atoms with Crippen molar-refractivity contribution in [1.82, 2.24) is 10.9 Å². The molecule has 1 aromatic heterocycles. The van der Waals surface area contributed by atoms with Crippen molar-refractivity contribution in [2.24, 2.45) is 0 Å². The highest BCUT2D eigenvalue weighted by Gasteiger charge is 2.11. The van der Waals surface area contributed by atoms with E-state index in [0.717, 1.165) is 5.56 Å². The van der Waals surface area contributed by atoms with Crippen LogP contribution in [0, 0.1) is 0 Å². The lowest BCUT2D eigenvalue weighted by atomic mass is 10.1. The summed E-state index contributed by atoms with van der Waals surface area (Å²) in [5.74, 6) is -0.808. The van der Waals surface area contributed by atoms with Crippen molar-refractivity contribution in [2.75, 3.05) is 7.11 Å². The zero-order chi connectivity index (χ0) is 14.4. The van der Waals surface area contributed by atoms with E-state index in [0.29, 0.717) is 12.2 Å². The van der Waals surface area contributed by atoms with E-state index >= 15 is 0 Å². The van der Waals surface area contributed by atoms with Gasteiger partial charge in [-0.05, 0) is 29.8 Å². The summed E-state index contributed by atoms with van der Waals surface area (Å²) >= 11 is 0. The van der Waals surface area contributed by atoms with Crippen LogP contribution in [0.3, 0.4) is 0 Å². The molecule has 0 saturated heterocycles. The van der Waals surface area contributed by atoms with Crippen molar-refractivity contribution in [1.29, 1.82) is 0 Å². The van der Waals surface area contributed by atoms with Gasteiger partial charge in [0.25, 0.3) is 5.91 Å². The van der Waals surface area contributed by atoms with E-state index in [1.807, 2.05) is 6.07 Å². The van der Waals surface area contributed by atoms with Gasteiger partial charge >= 0.3 is 5.91 Å². The molecule has 0 atom stereocenters. The minimum Gasteiger partial charge on any atom is -0.459 e. The Morgan fingerprint density at radius 3 is 2.65 bits per heavy atom. The molecule has 104 valence electrons. The van der Waals surface area contributed by atoms with Gasteiger partial charge in [0.2, 0.25) is 0 Å². The Morgan fingerprint density at radius 2 is 1.95 bits per heavy atom. The number of methoxy groups -OCH3 is 1. The number of hydrogen-bond donors (Lipinski definition) is 2. The Bertz CT molecular complexity index is 593. The third-order valence-electron chi connectivity index (χ3n) is 2.53. The summed E-state index contributed by atoms with van der Waals surface area (Å²) in [6, 6.07) is 10.0. The Morgan fingerprint density at radius 1 is 1.15 bits per heavy atom. The van der Waals surface area contributed by atoms with Crippen LogP contribution in [-0.4, -0.2) is 18.9 Å². The predicted molar refractivity (Wildman–Crippen MR) is 70.8 cm³/mol. The first-order valence-corrected chi connectivity index (χ1v) is 5.93. The second kappa shape index (κ2) is 6.53. The van der Waals surface area contributed by atoms with Crippen molar-refractivity contribution >= 4 is 11.8 Å². The highest BCUT2D eigenvalue weighted by Crippen LogP contribution is 2.06. The standard InChI is InChI=1S/C14H14N2O4/c1-19-9-10-4-2-5-11(8-10)13(17)15-16-14(18)12-6-3-7-20-12/h2-8H,9H2,1H3,(H,15,17)(H,16,18). The van der Waals surface area contributed by atoms with Crippen LogP contribution in [0.25, 0.3) is 0 Å². The highest BCUT2D eigenvalue weighted by atomic mass is 16.5. The first kappa shape index (κ1) is 13.8. The molecule has 1 aromatic carbocycles. The molecule has 6 heteroatoms. The molecule has 2 amide bonds. The summed E-state index contributed by atoms with van der Waals surface area (Å²) in [6.45, 7) is 0.417. The molecule has 0 aliphatic heterocycles. The number of hydrogen-bond acceptors (Lipinski definition) is 4. The molecule has 0 fully saturated rings. The minimum atomic E-state index is -0.517. The Hall–Kier alpha value is -2.60. The molecular formula is C14H14N2O4. The summed E-state index contributed by atoms with van der Waals surface area (Å²) in [5.41, 5.74) is 5.89. The third-order valence-corrected chi connectivity index (χ3v) is 2.53. The molecule has 1 heterocycles. The Balaban J connectivity index is 1.95. The van der Waals surface area contributed by atoms with E-state index in [-0.39, 0.29) is 5.76 Å². The fourth-order valence-corrected chi connectivity index (χ4v) is 1.62. The van der Waals surface area contributed by atoms with E-state index in [9.17, 15) is 9.59 Å². The van der Waals surface area contributed by atoms with Crippen LogP contribution in [0.15, 0.2) is 47.1 Å². The molecule has 0 aliphatic carbocycles. The number of nitrogens with one attached hydrogen (secondary N) is 2. The summed E-state index contributed by atoms with van der Waals surface area (Å²) in [4.78, 5) is 23.4. The molecule has 6 nitrogen and oxygen atoms in total. The van der Waals surface area contributed by atoms with Crippen LogP contribution in [-0.2, 0) is 11.3 Å². The van der Waals surface area contributed by atoms with E-state index in [1.165, 1.54) is 12.3 Å². The summed E-state index contributed by atoms with van der Waals surface area (Å²) in [6.07, 6.45) is 1.38. The lowest BCUT2D eigenvalue weighted by Gasteiger charge is -2.07. The number of amides is 2. The smallest absolute Gasteiger partial charge is 0.305 e. The van der Waals surface area contributed by atoms with Gasteiger partial charge in [-0.2, -0.15) is 0 Å². The van der Waals surface area contributed by atoms with Crippen LogP contribution in [0.5, 0.6) is 0 Å². The molecule has 0 unspecified atom stereocenters. The molecule has 2 N–H and O–H groups in total. The molecule has 0 radical (unpaired) electrons. The van der Waals surface area contributed by atoms with Crippen molar-refractivity contribution < 1.29 is 18.7 Å². The van der Waals surface area contributed by atoms with E-state index < -0.39 is 11.8 Å². The van der Waals surface area contributed by atoms with Crippen LogP contribution in [0.4, 0.5) is 0 Å². The number of hydrazine groups is 1. The highest BCUT2D eigenvalue weighted by molar-refractivity contribution is 5.98. The molecule has 0 saturated carbocycles. The number of furan rings is 1. The van der Waals surface area contributed by atoms with Crippen molar-refractivity contribution in [2.45, 2.75) is 6.61 Å². The molecular weight excluding hydrogens is 260 g/mol. The van der Waals surface area contributed by atoms with Gasteiger partial charge in [-0.25, -0.2) is 0 Å². The van der Waals surface area contributed by atoms with Crippen molar-refractivity contribution in [3.8, 4) is 0 Å². The summed E-state index contributed by atoms with van der Waals surface area (Å²) < 4.78 is 9.90. The second-order valence-corrected chi connectivity index (χ2v) is 4.02. The fourth-order valence-electron chi connectivity index (χ4n) is 1.62. The maximum absolute atomic E-state index is 11.9. The molecule has 20 heavy (non-hydrogen) atoms. The van der Waals surface area contributed by atoms with Crippen molar-refractivity contribution in [3.05, 3.63) is 59.5 Å². The maximum Gasteiger partial charge on any atom is 0.305 e. The van der Waals surface area contributed by atoms with E-state index in [1.54, 1.807) is 31.4 Å². The zero-order valence-electron chi connectivity index (χ0n) is 10.9. The molecule has 0 spiro atoms. The fraction of sp³-hybridized carbons (Fsp3) is 0.143. The lowest BCUT2D eigenvalue weighted by Crippen LogP contribution is -2.41. The van der Waals surface area contributed by atoms with Gasteiger partial charge in [-0.1, -0.05) is 12.1 Å². The quantitative estimate of drug-likeness (QED) is 0.828. The second-order valence-electron chi connectivity index (χ2n) is 4.02. The number of carbonyl (C=O) groups excluding carboxylic acids is 2. The van der Waals surface area contributed by atoms with Crippen LogP contribution >= 0.6 is 0 Å². The van der Waals surface area contributed by atoms with Gasteiger partial charge in [-0.15, -0.1) is 0 Å². The Kier molecular flexibility index (Phi) is 4.52. The number of carbonyl (C=O) groups is 2. The van der Waals surface area contributed by atoms with Gasteiger partial charge in [0, 0.05) is 12.7 Å². The predicted octanol–water partition coefficient (Wildman–Crippen LogP) is 1.50. The third kappa shape index (κ3) is 3.46. The SMILES string of the molecule is COCc1cccc(C(=O)NNC(=O)c2ccco2)c1. The van der Waals surface area contributed by atoms with Crippen molar-refractivity contribution in [3.63, 3.8) is 0 Å². The minimum absolute atomic E-state index is 0.124. The molecule has 0 aliphatic rings. The Labute approximate surface area is 115 Å². The number of ether oxygens (including phenoxy) is 1. The van der Waals surface area contributed by atoms with Crippen LogP contribution in [0.2, 0.25) is 0 Å². The summed E-state index contributed by atoms with van der Waals surface area (Å²) in [5, 5.41) is 0. The molecule has 2 rings (SSSR count). The topological polar surface area (TPSA) is 80.6 Å². The molecule has 0 bridgehead atoms. The van der Waals surface area contributed by atoms with Crippen LogP contribution in [0.1, 0.15) is 26.5 Å². The average molecular weight is 274 g/mol. The summed E-state index contributed by atoms with van der Waals surface area (Å²) in [7, 11) is 1.58. The normalized spacial score (nSPS) is 10.1. The van der Waals surface area contributed by atoms with Gasteiger partial charge in [-0.3, -0.25) is 20.4 Å². The van der Waals surface area contributed by atoms with E-state index in [2.05, 4.69) is 10.9 Å². The van der Waals surface area contributed by atoms with Gasteiger partial charge in [0.05, 0.1) is 12.9 Å². The lowest BCUT2D eigenvalue weighted by molar-refractivity contribution is 0.0830. The average Bonchev–Trinajstić information content (AvgIpc) is 2.99. The first-order chi connectivity index (χ1) is 9.70. The largest absolute Gasteiger partial charge is 0.459 e. The maximum atomic E-state index is 11.9.